The van der Waals surface area contributed by atoms with Crippen LogP contribution in [0.25, 0.3) is 0 Å². The highest BCUT2D eigenvalue weighted by atomic mass is 35.5. The van der Waals surface area contributed by atoms with Gasteiger partial charge < -0.3 is 27.9 Å². The van der Waals surface area contributed by atoms with Gasteiger partial charge in [-0.2, -0.15) is 0 Å². The van der Waals surface area contributed by atoms with E-state index in [1.165, 1.54) is 5.47 Å². The van der Waals surface area contributed by atoms with Crippen molar-refractivity contribution in [2.75, 3.05) is 0 Å². The minimum absolute atomic E-state index is 0. The molecule has 0 saturated carbocycles. The van der Waals surface area contributed by atoms with Crippen molar-refractivity contribution in [3.63, 3.8) is 0 Å². The van der Waals surface area contributed by atoms with Gasteiger partial charge in [-0.15, -0.1) is 5.92 Å². The van der Waals surface area contributed by atoms with E-state index in [2.05, 4.69) is 94.0 Å². The lowest BCUT2D eigenvalue weighted by molar-refractivity contribution is 0.00578. The van der Waals surface area contributed by atoms with Crippen LogP contribution in [0.1, 0.15) is 139 Å². The lowest BCUT2D eigenvalue weighted by Gasteiger charge is -2.32. The summed E-state index contributed by atoms with van der Waals surface area (Å²) >= 11 is 6.15. The Morgan fingerprint density at radius 2 is 0.867 bits per heavy atom. The molecule has 3 aliphatic rings. The van der Waals surface area contributed by atoms with Gasteiger partial charge in [-0.25, -0.2) is 0 Å². The van der Waals surface area contributed by atoms with Gasteiger partial charge in [0.25, 0.3) is 0 Å². The first-order valence-electron chi connectivity index (χ1n) is 16.2. The van der Waals surface area contributed by atoms with Crippen LogP contribution >= 0.6 is 11.6 Å². The molecule has 258 valence electrons. The van der Waals surface area contributed by atoms with Crippen molar-refractivity contribution in [1.82, 2.24) is 0 Å². The van der Waals surface area contributed by atoms with E-state index < -0.39 is 7.12 Å². The summed E-state index contributed by atoms with van der Waals surface area (Å²) in [7, 11) is -0.973. The van der Waals surface area contributed by atoms with Gasteiger partial charge in [-0.3, -0.25) is 0 Å². The van der Waals surface area contributed by atoms with E-state index >= 15 is 0 Å². The Morgan fingerprint density at radius 3 is 1.18 bits per heavy atom. The summed E-state index contributed by atoms with van der Waals surface area (Å²) in [5.41, 5.74) is -0.477. The molecule has 6 nitrogen and oxygen atoms in total. The number of hydrogen-bond acceptors (Lipinski definition) is 6. The van der Waals surface area contributed by atoms with Crippen molar-refractivity contribution in [2.24, 2.45) is 17.8 Å². The Hall–Kier alpha value is -0.715. The van der Waals surface area contributed by atoms with E-state index in [-0.39, 0.29) is 55.3 Å². The van der Waals surface area contributed by atoms with Crippen molar-refractivity contribution < 1.29 is 27.9 Å². The Balaban J connectivity index is 0.000000639. The number of rotatable bonds is 4. The van der Waals surface area contributed by atoms with Crippen LogP contribution in [0.2, 0.25) is 0 Å². The van der Waals surface area contributed by atoms with E-state index in [4.69, 9.17) is 39.5 Å². The predicted molar refractivity (Wildman–Crippen MR) is 195 cm³/mol. The zero-order valence-electron chi connectivity index (χ0n) is 31.4. The molecule has 45 heavy (non-hydrogen) atoms. The monoisotopic (exact) mass is 650 g/mol. The Morgan fingerprint density at radius 1 is 0.556 bits per heavy atom. The van der Waals surface area contributed by atoms with Gasteiger partial charge in [0.2, 0.25) is 0 Å². The number of allylic oxidation sites excluding steroid dienone is 3. The molecule has 0 N–H and O–H groups in total. The van der Waals surface area contributed by atoms with E-state index in [0.29, 0.717) is 22.7 Å². The standard InChI is InChI=1S/C12H23BO2.C11H20BClO2.C11H19BO2.CH4/c1-9(2)8-10(3)13-14-11(4,5)12(6,7)15-13;1-8(2)7-9(13)12-14-10(3,4)11(5,6)15-12;1-9(2)7-8-12-13-10(3,4)11(5,6)14-12;/h8-9H,1-7H3;7-8H,1-6H3;9H,1-6H3;1H4/b10-8-;9-7+;;. The molecule has 10 heteroatoms. The highest BCUT2D eigenvalue weighted by molar-refractivity contribution is 6.69. The summed E-state index contributed by atoms with van der Waals surface area (Å²) in [5, 5.41) is 0. The summed E-state index contributed by atoms with van der Waals surface area (Å²) in [5.74, 6) is 7.35. The molecule has 0 radical (unpaired) electrons. The fourth-order valence-electron chi connectivity index (χ4n) is 4.12. The van der Waals surface area contributed by atoms with Gasteiger partial charge in [0.1, 0.15) is 0 Å². The SMILES string of the molecule is C.C/C(=C/C(C)C)B1OC(C)(C)C(C)(C)O1.CC(C)/C=C(/Cl)B1OC(C)(C)C(C)(C)O1.CC(C)C#CB1OC(C)(C)C(C)(C)O1. The van der Waals surface area contributed by atoms with Crippen LogP contribution in [0.5, 0.6) is 0 Å². The smallest absolute Gasteiger partial charge is 0.400 e. The Kier molecular flexibility index (Phi) is 15.9. The van der Waals surface area contributed by atoms with Crippen LogP contribution in [-0.4, -0.2) is 55.0 Å². The Bertz CT molecular complexity index is 977. The van der Waals surface area contributed by atoms with Crippen LogP contribution in [0.3, 0.4) is 0 Å². The molecule has 0 aromatic carbocycles. The molecule has 0 amide bonds. The summed E-state index contributed by atoms with van der Waals surface area (Å²) in [4.78, 5) is 0.642. The lowest BCUT2D eigenvalue weighted by Crippen LogP contribution is -2.41. The number of hydrogen-bond donors (Lipinski definition) is 0. The summed E-state index contributed by atoms with van der Waals surface area (Å²) in [6, 6.07) is 0. The summed E-state index contributed by atoms with van der Waals surface area (Å²) < 4.78 is 34.9. The maximum Gasteiger partial charge on any atom is 0.551 e. The fraction of sp³-hybridized carbons (Fsp3) is 0.829. The molecule has 3 saturated heterocycles. The first-order valence-corrected chi connectivity index (χ1v) is 16.6. The zero-order valence-corrected chi connectivity index (χ0v) is 32.2. The van der Waals surface area contributed by atoms with Gasteiger partial charge in [0, 0.05) is 10.8 Å². The lowest BCUT2D eigenvalue weighted by atomic mass is 9.78. The third-order valence-corrected chi connectivity index (χ3v) is 9.24. The molecule has 0 aromatic rings. The highest BCUT2D eigenvalue weighted by Crippen LogP contribution is 2.40. The molecule has 0 unspecified atom stereocenters. The molecule has 3 aliphatic heterocycles. The third kappa shape index (κ3) is 12.4. The molecule has 3 heterocycles. The van der Waals surface area contributed by atoms with Crippen LogP contribution in [0.4, 0.5) is 0 Å². The van der Waals surface area contributed by atoms with Crippen LogP contribution < -0.4 is 0 Å². The van der Waals surface area contributed by atoms with E-state index in [1.807, 2.05) is 61.5 Å². The van der Waals surface area contributed by atoms with Crippen molar-refractivity contribution in [2.45, 2.75) is 173 Å². The number of halogens is 1. The van der Waals surface area contributed by atoms with E-state index in [0.717, 1.165) is 0 Å². The molecule has 0 atom stereocenters. The average Bonchev–Trinajstić information content (AvgIpc) is 3.26. The fourth-order valence-corrected chi connectivity index (χ4v) is 4.46. The molecular weight excluding hydrogens is 584 g/mol. The maximum atomic E-state index is 6.15. The van der Waals surface area contributed by atoms with Crippen molar-refractivity contribution >= 4 is 33.0 Å². The normalized spacial score (nSPS) is 24.0. The van der Waals surface area contributed by atoms with Crippen molar-refractivity contribution in [1.29, 1.82) is 0 Å². The van der Waals surface area contributed by atoms with Gasteiger partial charge in [-0.05, 0) is 107 Å². The molecular formula is C35H66B3ClO6. The summed E-state index contributed by atoms with van der Waals surface area (Å²) in [6.45, 7) is 39.2. The molecule has 0 bridgehead atoms. The highest BCUT2D eigenvalue weighted by Gasteiger charge is 2.53. The zero-order chi connectivity index (χ0) is 34.7. The first-order chi connectivity index (χ1) is 19.6. The van der Waals surface area contributed by atoms with Gasteiger partial charge in [0.05, 0.1) is 33.6 Å². The molecule has 0 aromatic heterocycles. The van der Waals surface area contributed by atoms with E-state index in [1.54, 1.807) is 0 Å². The first kappa shape index (κ1) is 44.3. The average molecular weight is 651 g/mol. The van der Waals surface area contributed by atoms with Crippen molar-refractivity contribution in [3.8, 4) is 11.7 Å². The van der Waals surface area contributed by atoms with Crippen LogP contribution in [-0.2, 0) is 27.9 Å². The third-order valence-electron chi connectivity index (χ3n) is 8.94. The minimum Gasteiger partial charge on any atom is -0.400 e. The molecule has 0 aliphatic carbocycles. The van der Waals surface area contributed by atoms with Gasteiger partial charge >= 0.3 is 21.4 Å². The molecule has 0 spiro atoms. The summed E-state index contributed by atoms with van der Waals surface area (Å²) in [6.07, 6.45) is 4.16. The molecule has 3 rings (SSSR count). The topological polar surface area (TPSA) is 55.4 Å². The van der Waals surface area contributed by atoms with Crippen molar-refractivity contribution in [3.05, 3.63) is 22.6 Å². The maximum absolute atomic E-state index is 6.15. The van der Waals surface area contributed by atoms with Crippen LogP contribution in [0.15, 0.2) is 22.6 Å². The second kappa shape index (κ2) is 16.1. The Labute approximate surface area is 284 Å². The second-order valence-corrected chi connectivity index (χ2v) is 16.6. The molecule has 3 fully saturated rings. The minimum atomic E-state index is -0.418. The largest absolute Gasteiger partial charge is 0.551 e. The van der Waals surface area contributed by atoms with Crippen LogP contribution in [0, 0.1) is 29.5 Å². The van der Waals surface area contributed by atoms with Gasteiger partial charge in [0.15, 0.2) is 0 Å². The predicted octanol–water partition coefficient (Wildman–Crippen LogP) is 9.53. The second-order valence-electron chi connectivity index (χ2n) is 16.2. The van der Waals surface area contributed by atoms with Gasteiger partial charge in [-0.1, -0.05) is 78.5 Å². The van der Waals surface area contributed by atoms with E-state index in [9.17, 15) is 0 Å². The quantitative estimate of drug-likeness (QED) is 0.223.